The molecule has 0 unspecified atom stereocenters. The van der Waals surface area contributed by atoms with Crippen LogP contribution in [0.4, 0.5) is 0 Å². The van der Waals surface area contributed by atoms with Crippen molar-refractivity contribution in [3.05, 3.63) is 30.1 Å². The summed E-state index contributed by atoms with van der Waals surface area (Å²) in [4.78, 5) is 7.38. The van der Waals surface area contributed by atoms with Gasteiger partial charge in [-0.15, -0.1) is 11.6 Å². The van der Waals surface area contributed by atoms with E-state index in [0.717, 1.165) is 24.1 Å². The Bertz CT molecular complexity index is 490. The van der Waals surface area contributed by atoms with E-state index in [-0.39, 0.29) is 5.41 Å². The second-order valence-electron chi connectivity index (χ2n) is 4.88. The minimum Gasteiger partial charge on any atom is -0.345 e. The van der Waals surface area contributed by atoms with Crippen molar-refractivity contribution >= 4 is 22.6 Å². The number of alkyl halides is 1. The second kappa shape index (κ2) is 5.07. The number of nitrogens with one attached hydrogen (secondary N) is 2. The lowest BCUT2D eigenvalue weighted by molar-refractivity contribution is 0.479. The molecule has 2 rings (SSSR count). The van der Waals surface area contributed by atoms with E-state index in [1.807, 2.05) is 0 Å². The van der Waals surface area contributed by atoms with Gasteiger partial charge in [-0.3, -0.25) is 0 Å². The molecule has 92 valence electrons. The van der Waals surface area contributed by atoms with Gasteiger partial charge in [0.05, 0.1) is 17.4 Å². The quantitative estimate of drug-likeness (QED) is 0.634. The van der Waals surface area contributed by atoms with Crippen molar-refractivity contribution in [2.45, 2.75) is 19.3 Å². The van der Waals surface area contributed by atoms with Crippen LogP contribution in [0.1, 0.15) is 19.4 Å². The molecule has 0 fully saturated rings. The zero-order chi connectivity index (χ0) is 12.3. The number of imidazole rings is 1. The number of nitrogens with zero attached hydrogens (tertiary/aromatic N) is 1. The van der Waals surface area contributed by atoms with Crippen molar-refractivity contribution < 1.29 is 0 Å². The molecule has 0 aliphatic carbocycles. The Morgan fingerprint density at radius 3 is 3.00 bits per heavy atom. The minimum absolute atomic E-state index is 0.0886. The number of H-pyrrole nitrogens is 1. The predicted molar refractivity (Wildman–Crippen MR) is 72.7 cm³/mol. The Morgan fingerprint density at radius 1 is 1.41 bits per heavy atom. The smallest absolute Gasteiger partial charge is 0.0931 e. The molecule has 1 heterocycles. The molecule has 0 amide bonds. The van der Waals surface area contributed by atoms with Crippen LogP contribution in [0, 0.1) is 0 Å². The van der Waals surface area contributed by atoms with E-state index >= 15 is 0 Å². The highest BCUT2D eigenvalue weighted by Crippen LogP contribution is 2.24. The van der Waals surface area contributed by atoms with Crippen molar-refractivity contribution in [1.29, 1.82) is 0 Å². The van der Waals surface area contributed by atoms with E-state index in [1.165, 1.54) is 5.56 Å². The number of aromatic nitrogens is 2. The zero-order valence-corrected chi connectivity index (χ0v) is 11.0. The molecule has 0 aliphatic heterocycles. The number of hydrogen-bond acceptors (Lipinski definition) is 2. The molecule has 0 atom stereocenters. The van der Waals surface area contributed by atoms with E-state index in [9.17, 15) is 0 Å². The van der Waals surface area contributed by atoms with Gasteiger partial charge in [0.2, 0.25) is 0 Å². The van der Waals surface area contributed by atoms with Crippen LogP contribution in [-0.2, 0) is 5.41 Å². The molecule has 2 N–H and O–H groups in total. The average Bonchev–Trinajstić information content (AvgIpc) is 2.76. The van der Waals surface area contributed by atoms with Crippen LogP contribution in [-0.4, -0.2) is 28.9 Å². The highest BCUT2D eigenvalue weighted by molar-refractivity contribution is 6.18. The molecule has 0 saturated carbocycles. The number of benzene rings is 1. The molecule has 0 saturated heterocycles. The first-order chi connectivity index (χ1) is 8.13. The Morgan fingerprint density at radius 2 is 2.24 bits per heavy atom. The van der Waals surface area contributed by atoms with Crippen LogP contribution in [0.2, 0.25) is 0 Å². The van der Waals surface area contributed by atoms with Gasteiger partial charge in [-0.25, -0.2) is 4.98 Å². The first-order valence-corrected chi connectivity index (χ1v) is 6.37. The van der Waals surface area contributed by atoms with Crippen molar-refractivity contribution in [2.24, 2.45) is 0 Å². The zero-order valence-electron chi connectivity index (χ0n) is 10.3. The van der Waals surface area contributed by atoms with Crippen LogP contribution in [0.3, 0.4) is 0 Å². The molecule has 0 bridgehead atoms. The first kappa shape index (κ1) is 12.4. The molecule has 0 radical (unpaired) electrons. The van der Waals surface area contributed by atoms with E-state index in [4.69, 9.17) is 11.6 Å². The summed E-state index contributed by atoms with van der Waals surface area (Å²) in [7, 11) is 0. The van der Waals surface area contributed by atoms with Crippen molar-refractivity contribution in [2.75, 3.05) is 19.0 Å². The van der Waals surface area contributed by atoms with Gasteiger partial charge >= 0.3 is 0 Å². The van der Waals surface area contributed by atoms with Gasteiger partial charge in [-0.2, -0.15) is 0 Å². The number of aromatic amines is 1. The topological polar surface area (TPSA) is 40.7 Å². The summed E-state index contributed by atoms with van der Waals surface area (Å²) in [5.41, 5.74) is 3.49. The molecular weight excluding hydrogens is 234 g/mol. The number of rotatable bonds is 5. The molecule has 17 heavy (non-hydrogen) atoms. The Hall–Kier alpha value is -1.06. The number of halogens is 1. The molecule has 4 heteroatoms. The fourth-order valence-electron chi connectivity index (χ4n) is 1.93. The summed E-state index contributed by atoms with van der Waals surface area (Å²) in [5.74, 6) is 0.648. The maximum atomic E-state index is 5.66. The minimum atomic E-state index is 0.0886. The van der Waals surface area contributed by atoms with E-state index in [2.05, 4.69) is 47.3 Å². The summed E-state index contributed by atoms with van der Waals surface area (Å²) < 4.78 is 0. The Kier molecular flexibility index (Phi) is 3.69. The molecule has 1 aromatic carbocycles. The Labute approximate surface area is 107 Å². The van der Waals surface area contributed by atoms with Crippen molar-refractivity contribution in [3.8, 4) is 0 Å². The standard InChI is InChI=1S/C13H18ClN3/c1-13(2,8-15-6-5-14)10-3-4-11-12(7-10)17-9-16-11/h3-4,7,9,15H,5-6,8H2,1-2H3,(H,16,17). The van der Waals surface area contributed by atoms with Gasteiger partial charge in [-0.05, 0) is 17.7 Å². The fourth-order valence-corrected chi connectivity index (χ4v) is 2.06. The maximum absolute atomic E-state index is 5.66. The van der Waals surface area contributed by atoms with E-state index in [1.54, 1.807) is 6.33 Å². The van der Waals surface area contributed by atoms with Crippen LogP contribution in [0.5, 0.6) is 0 Å². The molecule has 3 nitrogen and oxygen atoms in total. The highest BCUT2D eigenvalue weighted by atomic mass is 35.5. The largest absolute Gasteiger partial charge is 0.345 e. The third kappa shape index (κ3) is 2.79. The number of hydrogen-bond donors (Lipinski definition) is 2. The van der Waals surface area contributed by atoms with Gasteiger partial charge in [-0.1, -0.05) is 19.9 Å². The third-order valence-corrected chi connectivity index (χ3v) is 3.23. The van der Waals surface area contributed by atoms with Crippen LogP contribution in [0.15, 0.2) is 24.5 Å². The third-order valence-electron chi connectivity index (χ3n) is 3.04. The van der Waals surface area contributed by atoms with Gasteiger partial charge in [0.1, 0.15) is 0 Å². The predicted octanol–water partition coefficient (Wildman–Crippen LogP) is 2.67. The molecule has 0 aliphatic rings. The van der Waals surface area contributed by atoms with Crippen LogP contribution in [0.25, 0.3) is 11.0 Å². The maximum Gasteiger partial charge on any atom is 0.0931 e. The van der Waals surface area contributed by atoms with Gasteiger partial charge in [0.15, 0.2) is 0 Å². The Balaban J connectivity index is 2.18. The second-order valence-corrected chi connectivity index (χ2v) is 5.26. The van der Waals surface area contributed by atoms with Crippen molar-refractivity contribution in [3.63, 3.8) is 0 Å². The molecular formula is C13H18ClN3. The first-order valence-electron chi connectivity index (χ1n) is 5.84. The summed E-state index contributed by atoms with van der Waals surface area (Å²) in [6, 6.07) is 6.38. The summed E-state index contributed by atoms with van der Waals surface area (Å²) in [6.45, 7) is 6.22. The molecule has 1 aromatic heterocycles. The normalized spacial score (nSPS) is 12.2. The van der Waals surface area contributed by atoms with Gasteiger partial charge in [0.25, 0.3) is 0 Å². The van der Waals surface area contributed by atoms with Crippen LogP contribution < -0.4 is 5.32 Å². The average molecular weight is 252 g/mol. The fraction of sp³-hybridized carbons (Fsp3) is 0.462. The summed E-state index contributed by atoms with van der Waals surface area (Å²) in [5, 5.41) is 3.36. The summed E-state index contributed by atoms with van der Waals surface area (Å²) >= 11 is 5.66. The van der Waals surface area contributed by atoms with Crippen LogP contribution >= 0.6 is 11.6 Å². The van der Waals surface area contributed by atoms with E-state index in [0.29, 0.717) is 5.88 Å². The monoisotopic (exact) mass is 251 g/mol. The highest BCUT2D eigenvalue weighted by Gasteiger charge is 2.20. The molecule has 0 spiro atoms. The molecule has 2 aromatic rings. The number of fused-ring (bicyclic) bond motifs is 1. The summed E-state index contributed by atoms with van der Waals surface area (Å²) in [6.07, 6.45) is 1.73. The lowest BCUT2D eigenvalue weighted by Crippen LogP contribution is -2.33. The van der Waals surface area contributed by atoms with Gasteiger partial charge in [0, 0.05) is 24.4 Å². The lowest BCUT2D eigenvalue weighted by atomic mass is 9.84. The SMILES string of the molecule is CC(C)(CNCCCl)c1ccc2nc[nH]c2c1. The van der Waals surface area contributed by atoms with Crippen molar-refractivity contribution in [1.82, 2.24) is 15.3 Å². The van der Waals surface area contributed by atoms with Gasteiger partial charge < -0.3 is 10.3 Å². The lowest BCUT2D eigenvalue weighted by Gasteiger charge is -2.25. The van der Waals surface area contributed by atoms with E-state index < -0.39 is 0 Å².